The number of carboxylic acids is 1. The largest absolute Gasteiger partial charge is 0.493 e. The monoisotopic (exact) mass is 291 g/mol. The van der Waals surface area contributed by atoms with Gasteiger partial charge < -0.3 is 9.84 Å². The number of carboxylic acid groups (broad SMARTS) is 1. The lowest BCUT2D eigenvalue weighted by atomic mass is 10.2. The van der Waals surface area contributed by atoms with Crippen LogP contribution < -0.4 is 4.74 Å². The molecule has 1 N–H and O–H groups in total. The average Bonchev–Trinajstić information content (AvgIpc) is 2.87. The van der Waals surface area contributed by atoms with Crippen LogP contribution in [0.3, 0.4) is 0 Å². The molecular weight excluding hydrogens is 274 g/mol. The van der Waals surface area contributed by atoms with E-state index < -0.39 is 5.97 Å². The van der Waals surface area contributed by atoms with E-state index in [1.54, 1.807) is 29.5 Å². The summed E-state index contributed by atoms with van der Waals surface area (Å²) < 4.78 is 5.57. The number of ether oxygens (including phenoxy) is 1. The molecule has 0 amide bonds. The second kappa shape index (κ2) is 7.05. The van der Waals surface area contributed by atoms with Gasteiger partial charge in [0.25, 0.3) is 0 Å². The molecule has 0 atom stereocenters. The number of thiazole rings is 1. The smallest absolute Gasteiger partial charge is 0.335 e. The Bertz CT molecular complexity index is 580. The summed E-state index contributed by atoms with van der Waals surface area (Å²) in [5.41, 5.74) is 1.27. The Morgan fingerprint density at radius 2 is 2.25 bits per heavy atom. The molecule has 5 heteroatoms. The van der Waals surface area contributed by atoms with E-state index in [4.69, 9.17) is 9.84 Å². The zero-order valence-corrected chi connectivity index (χ0v) is 12.2. The highest BCUT2D eigenvalue weighted by atomic mass is 32.1. The summed E-state index contributed by atoms with van der Waals surface area (Å²) in [6.07, 6.45) is 2.86. The quantitative estimate of drug-likeness (QED) is 0.849. The summed E-state index contributed by atoms with van der Waals surface area (Å²) >= 11 is 1.68. The van der Waals surface area contributed by atoms with Crippen LogP contribution in [0.2, 0.25) is 0 Å². The Labute approximate surface area is 122 Å². The fraction of sp³-hybridized carbons (Fsp3) is 0.333. The van der Waals surface area contributed by atoms with Crippen LogP contribution in [-0.2, 0) is 12.8 Å². The van der Waals surface area contributed by atoms with Crippen LogP contribution in [0.5, 0.6) is 5.75 Å². The lowest BCUT2D eigenvalue weighted by molar-refractivity contribution is 0.0696. The highest BCUT2D eigenvalue weighted by Crippen LogP contribution is 2.15. The van der Waals surface area contributed by atoms with Gasteiger partial charge >= 0.3 is 5.97 Å². The first-order valence-electron chi connectivity index (χ1n) is 6.58. The maximum absolute atomic E-state index is 10.8. The number of aromatic nitrogens is 1. The summed E-state index contributed by atoms with van der Waals surface area (Å²) in [6.45, 7) is 2.64. The predicted molar refractivity (Wildman–Crippen MR) is 78.7 cm³/mol. The van der Waals surface area contributed by atoms with Gasteiger partial charge in [-0.05, 0) is 31.0 Å². The molecule has 106 valence electrons. The molecule has 0 radical (unpaired) electrons. The van der Waals surface area contributed by atoms with Crippen molar-refractivity contribution in [2.45, 2.75) is 26.2 Å². The van der Waals surface area contributed by atoms with Gasteiger partial charge in [0, 0.05) is 11.8 Å². The lowest BCUT2D eigenvalue weighted by Crippen LogP contribution is -2.03. The molecule has 1 heterocycles. The van der Waals surface area contributed by atoms with Crippen molar-refractivity contribution in [3.05, 3.63) is 45.9 Å². The van der Waals surface area contributed by atoms with Crippen molar-refractivity contribution < 1.29 is 14.6 Å². The maximum atomic E-state index is 10.8. The summed E-state index contributed by atoms with van der Waals surface area (Å²) in [4.78, 5) is 15.4. The molecule has 2 aromatic rings. The third-order valence-electron chi connectivity index (χ3n) is 2.77. The Morgan fingerprint density at radius 3 is 3.00 bits per heavy atom. The summed E-state index contributed by atoms with van der Waals surface area (Å²) in [6, 6.07) is 6.52. The first kappa shape index (κ1) is 14.5. The summed E-state index contributed by atoms with van der Waals surface area (Å²) in [7, 11) is 0. The van der Waals surface area contributed by atoms with Gasteiger partial charge in [-0.15, -0.1) is 11.3 Å². The number of aryl methyl sites for hydroxylation is 1. The van der Waals surface area contributed by atoms with Gasteiger partial charge in [-0.3, -0.25) is 0 Å². The average molecular weight is 291 g/mol. The normalized spacial score (nSPS) is 10.4. The van der Waals surface area contributed by atoms with Gasteiger partial charge in [-0.25, -0.2) is 9.78 Å². The van der Waals surface area contributed by atoms with Crippen LogP contribution in [0.15, 0.2) is 29.6 Å². The van der Waals surface area contributed by atoms with Gasteiger partial charge in [0.15, 0.2) is 0 Å². The van der Waals surface area contributed by atoms with Crippen LogP contribution in [0.25, 0.3) is 0 Å². The molecule has 1 aromatic heterocycles. The zero-order chi connectivity index (χ0) is 14.4. The number of hydrogen-bond acceptors (Lipinski definition) is 4. The van der Waals surface area contributed by atoms with Gasteiger partial charge in [0.05, 0.1) is 22.9 Å². The molecule has 1 aromatic carbocycles. The number of nitrogens with zero attached hydrogens (tertiary/aromatic N) is 1. The van der Waals surface area contributed by atoms with E-state index in [2.05, 4.69) is 17.3 Å². The predicted octanol–water partition coefficient (Wildman–Crippen LogP) is 3.42. The number of benzene rings is 1. The Morgan fingerprint density at radius 1 is 1.40 bits per heavy atom. The van der Waals surface area contributed by atoms with E-state index in [-0.39, 0.29) is 5.56 Å². The number of aromatic carboxylic acids is 1. The van der Waals surface area contributed by atoms with Gasteiger partial charge in [-0.1, -0.05) is 13.0 Å². The maximum Gasteiger partial charge on any atom is 0.335 e. The highest BCUT2D eigenvalue weighted by molar-refractivity contribution is 7.09. The molecule has 20 heavy (non-hydrogen) atoms. The molecule has 0 saturated heterocycles. The van der Waals surface area contributed by atoms with E-state index in [1.165, 1.54) is 6.07 Å². The number of hydrogen-bond donors (Lipinski definition) is 1. The highest BCUT2D eigenvalue weighted by Gasteiger charge is 2.05. The second-order valence-electron chi connectivity index (χ2n) is 4.41. The molecule has 4 nitrogen and oxygen atoms in total. The Kier molecular flexibility index (Phi) is 5.12. The first-order chi connectivity index (χ1) is 9.69. The second-order valence-corrected chi connectivity index (χ2v) is 5.36. The molecule has 0 fully saturated rings. The van der Waals surface area contributed by atoms with Crippen molar-refractivity contribution in [3.63, 3.8) is 0 Å². The molecule has 0 aliphatic rings. The van der Waals surface area contributed by atoms with Crippen molar-refractivity contribution >= 4 is 17.3 Å². The molecule has 0 saturated carbocycles. The number of carbonyl (C=O) groups is 1. The summed E-state index contributed by atoms with van der Waals surface area (Å²) in [5.74, 6) is -0.368. The molecule has 0 aliphatic carbocycles. The van der Waals surface area contributed by atoms with Crippen LogP contribution in [0, 0.1) is 0 Å². The van der Waals surface area contributed by atoms with E-state index in [1.807, 2.05) is 0 Å². The van der Waals surface area contributed by atoms with Crippen molar-refractivity contribution in [3.8, 4) is 5.75 Å². The molecule has 0 unspecified atom stereocenters. The zero-order valence-electron chi connectivity index (χ0n) is 11.3. The topological polar surface area (TPSA) is 59.4 Å². The Balaban J connectivity index is 1.85. The van der Waals surface area contributed by atoms with Gasteiger partial charge in [0.1, 0.15) is 5.75 Å². The fourth-order valence-electron chi connectivity index (χ4n) is 1.78. The van der Waals surface area contributed by atoms with Crippen molar-refractivity contribution in [1.29, 1.82) is 0 Å². The molecule has 0 bridgehead atoms. The third kappa shape index (κ3) is 4.06. The van der Waals surface area contributed by atoms with Crippen molar-refractivity contribution in [2.24, 2.45) is 0 Å². The van der Waals surface area contributed by atoms with E-state index in [0.29, 0.717) is 12.4 Å². The van der Waals surface area contributed by atoms with Crippen molar-refractivity contribution in [2.75, 3.05) is 6.61 Å². The minimum Gasteiger partial charge on any atom is -0.493 e. The van der Waals surface area contributed by atoms with Gasteiger partial charge in [0.2, 0.25) is 0 Å². The van der Waals surface area contributed by atoms with Crippen LogP contribution >= 0.6 is 11.3 Å². The van der Waals surface area contributed by atoms with E-state index in [9.17, 15) is 4.79 Å². The molecule has 0 spiro atoms. The van der Waals surface area contributed by atoms with Crippen LogP contribution in [-0.4, -0.2) is 22.7 Å². The number of rotatable bonds is 7. The van der Waals surface area contributed by atoms with Crippen LogP contribution in [0.4, 0.5) is 0 Å². The fourth-order valence-corrected chi connectivity index (χ4v) is 2.72. The summed E-state index contributed by atoms with van der Waals surface area (Å²) in [5, 5.41) is 12.1. The standard InChI is InChI=1S/C15H17NO3S/c1-2-4-14-16-12(10-20-14)7-8-19-13-6-3-5-11(9-13)15(17)18/h3,5-6,9-10H,2,4,7-8H2,1H3,(H,17,18). The lowest BCUT2D eigenvalue weighted by Gasteiger charge is -2.05. The van der Waals surface area contributed by atoms with Crippen molar-refractivity contribution in [1.82, 2.24) is 4.98 Å². The van der Waals surface area contributed by atoms with E-state index in [0.717, 1.165) is 30.0 Å². The molecular formula is C15H17NO3S. The van der Waals surface area contributed by atoms with Gasteiger partial charge in [-0.2, -0.15) is 0 Å². The first-order valence-corrected chi connectivity index (χ1v) is 7.46. The minimum absolute atomic E-state index is 0.237. The van der Waals surface area contributed by atoms with E-state index >= 15 is 0 Å². The Hall–Kier alpha value is -1.88. The minimum atomic E-state index is -0.945. The SMILES string of the molecule is CCCc1nc(CCOc2cccc(C(=O)O)c2)cs1. The molecule has 0 aliphatic heterocycles. The third-order valence-corrected chi connectivity index (χ3v) is 3.73. The van der Waals surface area contributed by atoms with Crippen LogP contribution in [0.1, 0.15) is 34.4 Å². The molecule has 2 rings (SSSR count).